The molecular weight excluding hydrogens is 217 g/mol. The molecule has 2 nitrogen and oxygen atoms in total. The minimum absolute atomic E-state index is 0.622. The average molecular weight is 239 g/mol. The van der Waals surface area contributed by atoms with E-state index >= 15 is 0 Å². The standard InChI is InChI=1S/C14H22FNO/c1-10-6-7-12(14(2,3)15)13(17-5)11(10)8-9-16-4/h6-7,16H,8-9H2,1-5H3. The lowest BCUT2D eigenvalue weighted by Crippen LogP contribution is -2.16. The highest BCUT2D eigenvalue weighted by molar-refractivity contribution is 5.48. The van der Waals surface area contributed by atoms with Crippen LogP contribution < -0.4 is 10.1 Å². The van der Waals surface area contributed by atoms with Gasteiger partial charge in [-0.2, -0.15) is 0 Å². The van der Waals surface area contributed by atoms with Crippen molar-refractivity contribution in [2.24, 2.45) is 0 Å². The van der Waals surface area contributed by atoms with Gasteiger partial charge in [0.1, 0.15) is 11.4 Å². The second-order valence-electron chi connectivity index (χ2n) is 4.77. The van der Waals surface area contributed by atoms with Gasteiger partial charge in [0, 0.05) is 5.56 Å². The molecule has 1 rings (SSSR count). The number of likely N-dealkylation sites (N-methyl/N-ethyl adjacent to an activating group) is 1. The normalized spacial score (nSPS) is 11.6. The van der Waals surface area contributed by atoms with Gasteiger partial charge < -0.3 is 10.1 Å². The Morgan fingerprint density at radius 3 is 2.47 bits per heavy atom. The maximum Gasteiger partial charge on any atom is 0.134 e. The van der Waals surface area contributed by atoms with Crippen molar-refractivity contribution in [1.82, 2.24) is 5.32 Å². The van der Waals surface area contributed by atoms with E-state index in [-0.39, 0.29) is 0 Å². The van der Waals surface area contributed by atoms with E-state index < -0.39 is 5.67 Å². The maximum absolute atomic E-state index is 14.1. The summed E-state index contributed by atoms with van der Waals surface area (Å²) in [6.07, 6.45) is 0.843. The van der Waals surface area contributed by atoms with Crippen molar-refractivity contribution >= 4 is 0 Å². The molecule has 0 aliphatic heterocycles. The molecule has 0 unspecified atom stereocenters. The number of methoxy groups -OCH3 is 1. The van der Waals surface area contributed by atoms with Crippen molar-refractivity contribution in [1.29, 1.82) is 0 Å². The van der Waals surface area contributed by atoms with Crippen LogP contribution in [0, 0.1) is 6.92 Å². The predicted octanol–water partition coefficient (Wildman–Crippen LogP) is 2.97. The summed E-state index contributed by atoms with van der Waals surface area (Å²) < 4.78 is 19.5. The number of alkyl halides is 1. The van der Waals surface area contributed by atoms with Crippen molar-refractivity contribution in [3.05, 3.63) is 28.8 Å². The van der Waals surface area contributed by atoms with E-state index in [4.69, 9.17) is 4.74 Å². The molecule has 17 heavy (non-hydrogen) atoms. The van der Waals surface area contributed by atoms with Crippen LogP contribution in [-0.4, -0.2) is 20.7 Å². The summed E-state index contributed by atoms with van der Waals surface area (Å²) in [5, 5.41) is 3.10. The van der Waals surface area contributed by atoms with Crippen LogP contribution in [-0.2, 0) is 12.1 Å². The molecule has 0 saturated heterocycles. The van der Waals surface area contributed by atoms with E-state index in [1.807, 2.05) is 26.1 Å². The van der Waals surface area contributed by atoms with Crippen LogP contribution in [0.4, 0.5) is 4.39 Å². The summed E-state index contributed by atoms with van der Waals surface area (Å²) in [7, 11) is 3.51. The molecule has 0 heterocycles. The lowest BCUT2D eigenvalue weighted by Gasteiger charge is -2.22. The fraction of sp³-hybridized carbons (Fsp3) is 0.571. The van der Waals surface area contributed by atoms with Crippen LogP contribution in [0.1, 0.15) is 30.5 Å². The van der Waals surface area contributed by atoms with Crippen LogP contribution in [0.5, 0.6) is 5.75 Å². The minimum Gasteiger partial charge on any atom is -0.496 e. The quantitative estimate of drug-likeness (QED) is 0.853. The second-order valence-corrected chi connectivity index (χ2v) is 4.77. The Kier molecular flexibility index (Phi) is 4.52. The number of benzene rings is 1. The van der Waals surface area contributed by atoms with Crippen LogP contribution >= 0.6 is 0 Å². The first-order valence-electron chi connectivity index (χ1n) is 5.92. The Morgan fingerprint density at radius 2 is 2.00 bits per heavy atom. The lowest BCUT2D eigenvalue weighted by molar-refractivity contribution is 0.213. The molecule has 0 aromatic heterocycles. The second kappa shape index (κ2) is 5.50. The molecule has 3 heteroatoms. The topological polar surface area (TPSA) is 21.3 Å². The summed E-state index contributed by atoms with van der Waals surface area (Å²) in [5.74, 6) is 0.688. The van der Waals surface area contributed by atoms with Crippen molar-refractivity contribution in [2.75, 3.05) is 20.7 Å². The molecule has 0 radical (unpaired) electrons. The Bertz CT molecular complexity index is 383. The van der Waals surface area contributed by atoms with Gasteiger partial charge in [0.25, 0.3) is 0 Å². The molecule has 0 atom stereocenters. The summed E-state index contributed by atoms with van der Waals surface area (Å²) in [6, 6.07) is 3.78. The Labute approximate surface area is 103 Å². The minimum atomic E-state index is -1.38. The van der Waals surface area contributed by atoms with E-state index in [1.165, 1.54) is 0 Å². The number of halogens is 1. The molecule has 0 fully saturated rings. The van der Waals surface area contributed by atoms with E-state index in [2.05, 4.69) is 5.32 Å². The SMILES string of the molecule is CNCCc1c(C)ccc(C(C)(C)F)c1OC. The van der Waals surface area contributed by atoms with Crippen molar-refractivity contribution in [2.45, 2.75) is 32.9 Å². The zero-order chi connectivity index (χ0) is 13.1. The van der Waals surface area contributed by atoms with Gasteiger partial charge in [-0.3, -0.25) is 0 Å². The summed E-state index contributed by atoms with van der Waals surface area (Å²) in [5.41, 5.74) is 1.47. The van der Waals surface area contributed by atoms with Gasteiger partial charge in [0.05, 0.1) is 7.11 Å². The van der Waals surface area contributed by atoms with E-state index in [9.17, 15) is 4.39 Å². The van der Waals surface area contributed by atoms with Crippen molar-refractivity contribution < 1.29 is 9.13 Å². The Hall–Kier alpha value is -1.09. The van der Waals surface area contributed by atoms with Crippen LogP contribution in [0.25, 0.3) is 0 Å². The Balaban J connectivity index is 3.26. The van der Waals surface area contributed by atoms with Crippen molar-refractivity contribution in [3.63, 3.8) is 0 Å². The third kappa shape index (κ3) is 3.19. The number of ether oxygens (including phenoxy) is 1. The maximum atomic E-state index is 14.1. The number of rotatable bonds is 5. The van der Waals surface area contributed by atoms with Gasteiger partial charge in [-0.05, 0) is 51.9 Å². The molecule has 0 aliphatic rings. The number of aryl methyl sites for hydroxylation is 1. The number of hydrogen-bond donors (Lipinski definition) is 1. The molecule has 0 amide bonds. The molecule has 0 bridgehead atoms. The average Bonchev–Trinajstić information content (AvgIpc) is 2.25. The molecule has 1 aromatic rings. The van der Waals surface area contributed by atoms with Crippen LogP contribution in [0.2, 0.25) is 0 Å². The summed E-state index contributed by atoms with van der Waals surface area (Å²) in [6.45, 7) is 6.00. The number of hydrogen-bond acceptors (Lipinski definition) is 2. The van der Waals surface area contributed by atoms with Crippen molar-refractivity contribution in [3.8, 4) is 5.75 Å². The monoisotopic (exact) mass is 239 g/mol. The third-order valence-corrected chi connectivity index (χ3v) is 2.96. The largest absolute Gasteiger partial charge is 0.496 e. The third-order valence-electron chi connectivity index (χ3n) is 2.96. The van der Waals surface area contributed by atoms with Gasteiger partial charge in [-0.25, -0.2) is 4.39 Å². The fourth-order valence-corrected chi connectivity index (χ4v) is 1.99. The molecule has 0 saturated carbocycles. The van der Waals surface area contributed by atoms with E-state index in [1.54, 1.807) is 21.0 Å². The first-order chi connectivity index (χ1) is 7.91. The first-order valence-corrected chi connectivity index (χ1v) is 5.92. The Morgan fingerprint density at radius 1 is 1.35 bits per heavy atom. The summed E-state index contributed by atoms with van der Waals surface area (Å²) >= 11 is 0. The van der Waals surface area contributed by atoms with Gasteiger partial charge in [0.15, 0.2) is 0 Å². The zero-order valence-electron chi connectivity index (χ0n) is 11.4. The van der Waals surface area contributed by atoms with E-state index in [0.717, 1.165) is 24.1 Å². The summed E-state index contributed by atoms with van der Waals surface area (Å²) in [4.78, 5) is 0. The van der Waals surface area contributed by atoms with Crippen LogP contribution in [0.15, 0.2) is 12.1 Å². The fourth-order valence-electron chi connectivity index (χ4n) is 1.99. The van der Waals surface area contributed by atoms with Gasteiger partial charge >= 0.3 is 0 Å². The smallest absolute Gasteiger partial charge is 0.134 e. The molecule has 96 valence electrons. The highest BCUT2D eigenvalue weighted by Crippen LogP contribution is 2.36. The van der Waals surface area contributed by atoms with Gasteiger partial charge in [-0.1, -0.05) is 12.1 Å². The molecular formula is C14H22FNO. The van der Waals surface area contributed by atoms with Gasteiger partial charge in [0.2, 0.25) is 0 Å². The highest BCUT2D eigenvalue weighted by atomic mass is 19.1. The van der Waals surface area contributed by atoms with Crippen LogP contribution in [0.3, 0.4) is 0 Å². The lowest BCUT2D eigenvalue weighted by atomic mass is 9.92. The highest BCUT2D eigenvalue weighted by Gasteiger charge is 2.25. The molecule has 1 N–H and O–H groups in total. The first kappa shape index (κ1) is 14.0. The molecule has 0 aliphatic carbocycles. The molecule has 0 spiro atoms. The molecule has 1 aromatic carbocycles. The zero-order valence-corrected chi connectivity index (χ0v) is 11.4. The number of nitrogens with one attached hydrogen (secondary N) is 1. The predicted molar refractivity (Wildman–Crippen MR) is 69.5 cm³/mol. The van der Waals surface area contributed by atoms with E-state index in [0.29, 0.717) is 11.3 Å². The van der Waals surface area contributed by atoms with Gasteiger partial charge in [-0.15, -0.1) is 0 Å².